The fourth-order valence-electron chi connectivity index (χ4n) is 3.15. The van der Waals surface area contributed by atoms with Crippen molar-refractivity contribution in [3.05, 3.63) is 29.8 Å². The number of piperidine rings is 1. The van der Waals surface area contributed by atoms with Crippen molar-refractivity contribution in [1.29, 1.82) is 0 Å². The van der Waals surface area contributed by atoms with E-state index in [2.05, 4.69) is 25.5 Å². The molecule has 0 atom stereocenters. The first-order valence-corrected chi connectivity index (χ1v) is 9.37. The molecule has 0 unspecified atom stereocenters. The zero-order chi connectivity index (χ0) is 19.4. The number of aryl methyl sites for hydroxylation is 1. The summed E-state index contributed by atoms with van der Waals surface area (Å²) >= 11 is 0. The predicted molar refractivity (Wildman–Crippen MR) is 103 cm³/mol. The lowest BCUT2D eigenvalue weighted by Gasteiger charge is -2.33. The number of carbonyl (C=O) groups is 1. The molecule has 1 aliphatic heterocycles. The molecule has 27 heavy (non-hydrogen) atoms. The maximum absolute atomic E-state index is 12.2. The van der Waals surface area contributed by atoms with E-state index < -0.39 is 5.60 Å². The zero-order valence-corrected chi connectivity index (χ0v) is 16.5. The molecule has 0 bridgehead atoms. The van der Waals surface area contributed by atoms with Crippen LogP contribution in [0.2, 0.25) is 0 Å². The highest BCUT2D eigenvalue weighted by molar-refractivity contribution is 5.68. The van der Waals surface area contributed by atoms with Crippen LogP contribution >= 0.6 is 0 Å². The number of aromatic amines is 1. The molecule has 1 fully saturated rings. The Labute approximate surface area is 159 Å². The number of rotatable bonds is 4. The molecule has 2 aromatic heterocycles. The molecule has 1 amide bonds. The zero-order valence-electron chi connectivity index (χ0n) is 16.5. The lowest BCUT2D eigenvalue weighted by atomic mass is 9.93. The van der Waals surface area contributed by atoms with E-state index in [4.69, 9.17) is 4.74 Å². The molecule has 0 saturated carbocycles. The Morgan fingerprint density at radius 2 is 2.07 bits per heavy atom. The summed E-state index contributed by atoms with van der Waals surface area (Å²) < 4.78 is 5.46. The highest BCUT2D eigenvalue weighted by Crippen LogP contribution is 2.23. The van der Waals surface area contributed by atoms with E-state index in [1.165, 1.54) is 0 Å². The molecule has 3 heterocycles. The molecule has 0 spiro atoms. The average Bonchev–Trinajstić information content (AvgIpc) is 3.06. The van der Waals surface area contributed by atoms with Crippen LogP contribution in [-0.2, 0) is 11.2 Å². The van der Waals surface area contributed by atoms with Gasteiger partial charge in [-0.15, -0.1) is 0 Å². The molecule has 2 aromatic rings. The van der Waals surface area contributed by atoms with Gasteiger partial charge >= 0.3 is 6.09 Å². The van der Waals surface area contributed by atoms with Crippen molar-refractivity contribution in [2.45, 2.75) is 52.6 Å². The maximum Gasteiger partial charge on any atom is 0.410 e. The molecule has 0 aliphatic carbocycles. The lowest BCUT2D eigenvalue weighted by Crippen LogP contribution is -2.42. The molecule has 1 saturated heterocycles. The third-order valence-corrected chi connectivity index (χ3v) is 4.40. The number of ether oxygens (including phenoxy) is 1. The van der Waals surface area contributed by atoms with E-state index in [-0.39, 0.29) is 6.09 Å². The third kappa shape index (κ3) is 5.67. The summed E-state index contributed by atoms with van der Waals surface area (Å²) in [7, 11) is 0. The first-order valence-electron chi connectivity index (χ1n) is 9.37. The van der Waals surface area contributed by atoms with E-state index in [9.17, 15) is 4.79 Å². The SMILES string of the molecule is Cc1cc(Nc2ccn[nH]2)nc(CC2CCN(C(=O)OC(C)(C)C)CC2)n1. The molecule has 2 N–H and O–H groups in total. The Balaban J connectivity index is 1.56. The molecule has 0 radical (unpaired) electrons. The molecular weight excluding hydrogens is 344 g/mol. The van der Waals surface area contributed by atoms with Crippen molar-refractivity contribution in [2.75, 3.05) is 18.4 Å². The molecule has 8 heteroatoms. The predicted octanol–water partition coefficient (Wildman–Crippen LogP) is 3.44. The van der Waals surface area contributed by atoms with Gasteiger partial charge in [-0.25, -0.2) is 14.8 Å². The Hall–Kier alpha value is -2.64. The summed E-state index contributed by atoms with van der Waals surface area (Å²) in [6.07, 6.45) is 4.13. The summed E-state index contributed by atoms with van der Waals surface area (Å²) in [6.45, 7) is 9.06. The van der Waals surface area contributed by atoms with Crippen LogP contribution in [0.5, 0.6) is 0 Å². The number of hydrogen-bond donors (Lipinski definition) is 2. The van der Waals surface area contributed by atoms with Crippen LogP contribution in [0.15, 0.2) is 18.3 Å². The second-order valence-electron chi connectivity index (χ2n) is 8.02. The maximum atomic E-state index is 12.2. The van der Waals surface area contributed by atoms with Crippen LogP contribution in [0.25, 0.3) is 0 Å². The number of anilines is 2. The van der Waals surface area contributed by atoms with Gasteiger partial charge in [0.2, 0.25) is 0 Å². The topological polar surface area (TPSA) is 96.0 Å². The van der Waals surface area contributed by atoms with Gasteiger partial charge in [-0.05, 0) is 46.5 Å². The molecule has 3 rings (SSSR count). The van der Waals surface area contributed by atoms with E-state index in [1.54, 1.807) is 11.1 Å². The van der Waals surface area contributed by atoms with E-state index >= 15 is 0 Å². The Bertz CT molecular complexity index is 761. The number of H-pyrrole nitrogens is 1. The van der Waals surface area contributed by atoms with Crippen molar-refractivity contribution in [1.82, 2.24) is 25.1 Å². The average molecular weight is 372 g/mol. The van der Waals surface area contributed by atoms with Gasteiger partial charge in [0.15, 0.2) is 0 Å². The quantitative estimate of drug-likeness (QED) is 0.853. The van der Waals surface area contributed by atoms with Crippen molar-refractivity contribution in [3.8, 4) is 0 Å². The first-order chi connectivity index (χ1) is 12.8. The standard InChI is InChI=1S/C19H28N6O2/c1-13-11-16(22-15-5-8-20-24-15)23-17(21-13)12-14-6-9-25(10-7-14)18(26)27-19(2,3)4/h5,8,11,14H,6-7,9-10,12H2,1-4H3,(H2,20,21,22,23,24). The highest BCUT2D eigenvalue weighted by atomic mass is 16.6. The van der Waals surface area contributed by atoms with E-state index in [1.807, 2.05) is 39.8 Å². The molecule has 146 valence electrons. The minimum atomic E-state index is -0.457. The number of carbonyl (C=O) groups excluding carboxylic acids is 1. The summed E-state index contributed by atoms with van der Waals surface area (Å²) in [4.78, 5) is 23.2. The summed E-state index contributed by atoms with van der Waals surface area (Å²) in [5, 5.41) is 10.0. The Morgan fingerprint density at radius 1 is 1.33 bits per heavy atom. The summed E-state index contributed by atoms with van der Waals surface area (Å²) in [5.41, 5.74) is 0.467. The van der Waals surface area contributed by atoms with Crippen LogP contribution in [0.3, 0.4) is 0 Å². The number of likely N-dealkylation sites (tertiary alicyclic amines) is 1. The highest BCUT2D eigenvalue weighted by Gasteiger charge is 2.27. The minimum Gasteiger partial charge on any atom is -0.444 e. The van der Waals surface area contributed by atoms with Gasteiger partial charge in [-0.1, -0.05) is 0 Å². The second kappa shape index (κ2) is 7.94. The van der Waals surface area contributed by atoms with Gasteiger partial charge in [0.25, 0.3) is 0 Å². The smallest absolute Gasteiger partial charge is 0.410 e. The fourth-order valence-corrected chi connectivity index (χ4v) is 3.15. The number of aromatic nitrogens is 4. The normalized spacial score (nSPS) is 15.6. The van der Waals surface area contributed by atoms with Crippen LogP contribution in [-0.4, -0.2) is 49.8 Å². The fraction of sp³-hybridized carbons (Fsp3) is 0.579. The monoisotopic (exact) mass is 372 g/mol. The van der Waals surface area contributed by atoms with Gasteiger partial charge < -0.3 is 15.0 Å². The molecule has 0 aromatic carbocycles. The van der Waals surface area contributed by atoms with Gasteiger partial charge in [-0.3, -0.25) is 5.10 Å². The molecule has 1 aliphatic rings. The number of nitrogens with one attached hydrogen (secondary N) is 2. The molecule has 8 nitrogen and oxygen atoms in total. The van der Waals surface area contributed by atoms with Gasteiger partial charge in [0, 0.05) is 37.3 Å². The van der Waals surface area contributed by atoms with Crippen LogP contribution in [0.4, 0.5) is 16.4 Å². The molecular formula is C19H28N6O2. The van der Waals surface area contributed by atoms with E-state index in [0.29, 0.717) is 19.0 Å². The summed E-state index contributed by atoms with van der Waals surface area (Å²) in [5.74, 6) is 2.84. The summed E-state index contributed by atoms with van der Waals surface area (Å²) in [6, 6.07) is 3.76. The van der Waals surface area contributed by atoms with E-state index in [0.717, 1.165) is 42.4 Å². The van der Waals surface area contributed by atoms with Gasteiger partial charge in [-0.2, -0.15) is 5.10 Å². The first kappa shape index (κ1) is 19.1. The van der Waals surface area contributed by atoms with Crippen LogP contribution in [0.1, 0.15) is 45.1 Å². The van der Waals surface area contributed by atoms with Crippen molar-refractivity contribution in [3.63, 3.8) is 0 Å². The number of hydrogen-bond acceptors (Lipinski definition) is 6. The van der Waals surface area contributed by atoms with Crippen LogP contribution in [0, 0.1) is 12.8 Å². The van der Waals surface area contributed by atoms with Crippen molar-refractivity contribution in [2.24, 2.45) is 5.92 Å². The van der Waals surface area contributed by atoms with Crippen molar-refractivity contribution < 1.29 is 9.53 Å². The number of nitrogens with zero attached hydrogens (tertiary/aromatic N) is 4. The largest absolute Gasteiger partial charge is 0.444 e. The Kier molecular flexibility index (Phi) is 5.62. The Morgan fingerprint density at radius 3 is 2.70 bits per heavy atom. The van der Waals surface area contributed by atoms with Gasteiger partial charge in [0.1, 0.15) is 23.1 Å². The van der Waals surface area contributed by atoms with Crippen LogP contribution < -0.4 is 5.32 Å². The lowest BCUT2D eigenvalue weighted by molar-refractivity contribution is 0.0184. The number of amides is 1. The van der Waals surface area contributed by atoms with Crippen molar-refractivity contribution >= 4 is 17.7 Å². The second-order valence-corrected chi connectivity index (χ2v) is 8.02. The van der Waals surface area contributed by atoms with Gasteiger partial charge in [0.05, 0.1) is 6.20 Å². The minimum absolute atomic E-state index is 0.223. The third-order valence-electron chi connectivity index (χ3n) is 4.40.